The number of piperazine rings is 1. The van der Waals surface area contributed by atoms with Crippen molar-refractivity contribution in [3.05, 3.63) is 29.8 Å². The second kappa shape index (κ2) is 8.25. The quantitative estimate of drug-likeness (QED) is 0.755. The van der Waals surface area contributed by atoms with Gasteiger partial charge in [-0.1, -0.05) is 12.1 Å². The summed E-state index contributed by atoms with van der Waals surface area (Å²) in [5.41, 5.74) is 1.33. The lowest BCUT2D eigenvalue weighted by Crippen LogP contribution is -2.46. The normalized spacial score (nSPS) is 17.3. The maximum Gasteiger partial charge on any atom is 0.119 e. The first-order chi connectivity index (χ1) is 9.78. The Bertz CT molecular complexity index is 389. The van der Waals surface area contributed by atoms with E-state index in [1.165, 1.54) is 31.7 Å². The lowest BCUT2D eigenvalue weighted by atomic mass is 10.1. The number of benzene rings is 1. The molecular formula is C16H27N3O. The zero-order valence-corrected chi connectivity index (χ0v) is 12.8. The minimum Gasteiger partial charge on any atom is -0.497 e. The van der Waals surface area contributed by atoms with Crippen LogP contribution in [-0.4, -0.2) is 69.8 Å². The highest BCUT2D eigenvalue weighted by molar-refractivity contribution is 5.28. The third-order valence-corrected chi connectivity index (χ3v) is 3.93. The summed E-state index contributed by atoms with van der Waals surface area (Å²) < 4.78 is 5.24. The van der Waals surface area contributed by atoms with Crippen LogP contribution in [0.1, 0.15) is 5.56 Å². The Labute approximate surface area is 122 Å². The first kappa shape index (κ1) is 15.3. The number of hydrogen-bond acceptors (Lipinski definition) is 4. The van der Waals surface area contributed by atoms with Gasteiger partial charge in [0, 0.05) is 39.3 Å². The molecule has 0 saturated carbocycles. The summed E-state index contributed by atoms with van der Waals surface area (Å²) in [5, 5.41) is 3.53. The topological polar surface area (TPSA) is 27.7 Å². The van der Waals surface area contributed by atoms with Crippen LogP contribution >= 0.6 is 0 Å². The number of likely N-dealkylation sites (N-methyl/N-ethyl adjacent to an activating group) is 1. The number of nitrogens with zero attached hydrogens (tertiary/aromatic N) is 2. The smallest absolute Gasteiger partial charge is 0.119 e. The second-order valence-electron chi connectivity index (χ2n) is 5.50. The SMILES string of the molecule is COc1cccc(CCNCCN2CCN(C)CC2)c1. The van der Waals surface area contributed by atoms with Gasteiger partial charge >= 0.3 is 0 Å². The summed E-state index contributed by atoms with van der Waals surface area (Å²) in [6.45, 7) is 8.07. The standard InChI is InChI=1S/C16H27N3O/c1-18-10-12-19(13-11-18)9-8-17-7-6-15-4-3-5-16(14-15)20-2/h3-5,14,17H,6-13H2,1-2H3. The molecule has 20 heavy (non-hydrogen) atoms. The summed E-state index contributed by atoms with van der Waals surface area (Å²) in [6, 6.07) is 8.32. The van der Waals surface area contributed by atoms with E-state index in [9.17, 15) is 0 Å². The third-order valence-electron chi connectivity index (χ3n) is 3.93. The van der Waals surface area contributed by atoms with Crippen LogP contribution in [0.2, 0.25) is 0 Å². The van der Waals surface area contributed by atoms with Gasteiger partial charge in [-0.25, -0.2) is 0 Å². The van der Waals surface area contributed by atoms with Crippen molar-refractivity contribution in [2.24, 2.45) is 0 Å². The van der Waals surface area contributed by atoms with Crippen molar-refractivity contribution in [1.82, 2.24) is 15.1 Å². The van der Waals surface area contributed by atoms with Crippen LogP contribution in [0.3, 0.4) is 0 Å². The molecule has 0 amide bonds. The van der Waals surface area contributed by atoms with E-state index in [1.807, 2.05) is 6.07 Å². The van der Waals surface area contributed by atoms with Crippen molar-refractivity contribution in [3.8, 4) is 5.75 Å². The van der Waals surface area contributed by atoms with Crippen molar-refractivity contribution in [2.45, 2.75) is 6.42 Å². The van der Waals surface area contributed by atoms with Gasteiger partial charge in [0.1, 0.15) is 5.75 Å². The van der Waals surface area contributed by atoms with E-state index in [0.717, 1.165) is 31.8 Å². The number of nitrogens with one attached hydrogen (secondary N) is 1. The molecule has 0 radical (unpaired) electrons. The molecule has 0 bridgehead atoms. The molecule has 0 aromatic heterocycles. The molecule has 1 aromatic rings. The first-order valence-electron chi connectivity index (χ1n) is 7.52. The van der Waals surface area contributed by atoms with E-state index in [2.05, 4.69) is 40.4 Å². The minimum atomic E-state index is 0.944. The van der Waals surface area contributed by atoms with Gasteiger partial charge in [0.15, 0.2) is 0 Å². The molecule has 1 aromatic carbocycles. The molecule has 1 N–H and O–H groups in total. The largest absolute Gasteiger partial charge is 0.497 e. The van der Waals surface area contributed by atoms with Crippen LogP contribution in [0, 0.1) is 0 Å². The van der Waals surface area contributed by atoms with Crippen LogP contribution in [0.5, 0.6) is 5.75 Å². The van der Waals surface area contributed by atoms with Crippen molar-refractivity contribution in [2.75, 3.05) is 60.0 Å². The van der Waals surface area contributed by atoms with Gasteiger partial charge in [-0.05, 0) is 37.7 Å². The molecule has 1 heterocycles. The highest BCUT2D eigenvalue weighted by atomic mass is 16.5. The summed E-state index contributed by atoms with van der Waals surface area (Å²) in [5.74, 6) is 0.944. The predicted molar refractivity (Wildman–Crippen MR) is 83.5 cm³/mol. The third kappa shape index (κ3) is 5.12. The van der Waals surface area contributed by atoms with Gasteiger partial charge < -0.3 is 15.0 Å². The van der Waals surface area contributed by atoms with E-state index in [-0.39, 0.29) is 0 Å². The van der Waals surface area contributed by atoms with Crippen LogP contribution in [0.4, 0.5) is 0 Å². The fourth-order valence-electron chi connectivity index (χ4n) is 2.49. The first-order valence-corrected chi connectivity index (χ1v) is 7.52. The Hall–Kier alpha value is -1.10. The van der Waals surface area contributed by atoms with Crippen LogP contribution in [0.25, 0.3) is 0 Å². The van der Waals surface area contributed by atoms with Gasteiger partial charge in [0.25, 0.3) is 0 Å². The lowest BCUT2D eigenvalue weighted by Gasteiger charge is -2.32. The van der Waals surface area contributed by atoms with Gasteiger partial charge in [-0.3, -0.25) is 4.90 Å². The highest BCUT2D eigenvalue weighted by Gasteiger charge is 2.12. The molecule has 1 aliphatic rings. The van der Waals surface area contributed by atoms with Crippen molar-refractivity contribution in [3.63, 3.8) is 0 Å². The van der Waals surface area contributed by atoms with Gasteiger partial charge in [0.05, 0.1) is 7.11 Å². The van der Waals surface area contributed by atoms with E-state index in [4.69, 9.17) is 4.74 Å². The van der Waals surface area contributed by atoms with Gasteiger partial charge in [0.2, 0.25) is 0 Å². The van der Waals surface area contributed by atoms with E-state index in [1.54, 1.807) is 7.11 Å². The molecule has 2 rings (SSSR count). The van der Waals surface area contributed by atoms with Crippen LogP contribution in [-0.2, 0) is 6.42 Å². The molecule has 1 aliphatic heterocycles. The molecule has 0 unspecified atom stereocenters. The second-order valence-corrected chi connectivity index (χ2v) is 5.50. The van der Waals surface area contributed by atoms with Crippen molar-refractivity contribution < 1.29 is 4.74 Å². The Kier molecular flexibility index (Phi) is 6.30. The maximum atomic E-state index is 5.24. The average molecular weight is 277 g/mol. The van der Waals surface area contributed by atoms with Gasteiger partial charge in [-0.2, -0.15) is 0 Å². The molecule has 4 heteroatoms. The molecule has 1 saturated heterocycles. The molecule has 0 atom stereocenters. The van der Waals surface area contributed by atoms with Crippen molar-refractivity contribution >= 4 is 0 Å². The summed E-state index contributed by atoms with van der Waals surface area (Å²) in [4.78, 5) is 4.94. The molecule has 0 aliphatic carbocycles. The van der Waals surface area contributed by atoms with E-state index < -0.39 is 0 Å². The zero-order valence-electron chi connectivity index (χ0n) is 12.8. The maximum absolute atomic E-state index is 5.24. The Morgan fingerprint density at radius 2 is 1.95 bits per heavy atom. The van der Waals surface area contributed by atoms with E-state index in [0.29, 0.717) is 0 Å². The molecule has 4 nitrogen and oxygen atoms in total. The average Bonchev–Trinajstić information content (AvgIpc) is 2.49. The number of ether oxygens (including phenoxy) is 1. The Morgan fingerprint density at radius 1 is 1.15 bits per heavy atom. The van der Waals surface area contributed by atoms with Crippen molar-refractivity contribution in [1.29, 1.82) is 0 Å². The summed E-state index contributed by atoms with van der Waals surface area (Å²) in [7, 11) is 3.91. The van der Waals surface area contributed by atoms with Gasteiger partial charge in [-0.15, -0.1) is 0 Å². The molecule has 1 fully saturated rings. The monoisotopic (exact) mass is 277 g/mol. The lowest BCUT2D eigenvalue weighted by molar-refractivity contribution is 0.155. The molecular weight excluding hydrogens is 250 g/mol. The Balaban J connectivity index is 1.57. The number of rotatable bonds is 7. The fourth-order valence-corrected chi connectivity index (χ4v) is 2.49. The summed E-state index contributed by atoms with van der Waals surface area (Å²) >= 11 is 0. The highest BCUT2D eigenvalue weighted by Crippen LogP contribution is 2.12. The molecule has 0 spiro atoms. The fraction of sp³-hybridized carbons (Fsp3) is 0.625. The predicted octanol–water partition coefficient (Wildman–Crippen LogP) is 1.07. The number of methoxy groups -OCH3 is 1. The minimum absolute atomic E-state index is 0.944. The molecule has 112 valence electrons. The summed E-state index contributed by atoms with van der Waals surface area (Å²) in [6.07, 6.45) is 1.06. The van der Waals surface area contributed by atoms with Crippen LogP contribution in [0.15, 0.2) is 24.3 Å². The van der Waals surface area contributed by atoms with Crippen LogP contribution < -0.4 is 10.1 Å². The van der Waals surface area contributed by atoms with E-state index >= 15 is 0 Å². The number of hydrogen-bond donors (Lipinski definition) is 1. The Morgan fingerprint density at radius 3 is 2.70 bits per heavy atom. The zero-order chi connectivity index (χ0) is 14.2.